The van der Waals surface area contributed by atoms with E-state index in [4.69, 9.17) is 5.73 Å². The molecule has 0 saturated carbocycles. The summed E-state index contributed by atoms with van der Waals surface area (Å²) in [6, 6.07) is 6.80. The first-order valence-corrected chi connectivity index (χ1v) is 4.91. The van der Waals surface area contributed by atoms with Crippen LogP contribution in [0.4, 0.5) is 5.69 Å². The van der Waals surface area contributed by atoms with Gasteiger partial charge in [-0.1, -0.05) is 18.2 Å². The third-order valence-electron chi connectivity index (χ3n) is 2.23. The Morgan fingerprint density at radius 1 is 1.40 bits per heavy atom. The minimum atomic E-state index is -0.348. The minimum absolute atomic E-state index is 0.182. The lowest BCUT2D eigenvalue weighted by Gasteiger charge is -2.17. The number of hydrogen-bond acceptors (Lipinski definition) is 3. The Labute approximate surface area is 89.2 Å². The number of nitrogens with zero attached hydrogens (tertiary/aromatic N) is 1. The molecule has 0 unspecified atom stereocenters. The van der Waals surface area contributed by atoms with Crippen LogP contribution in [0, 0.1) is 10.1 Å². The van der Waals surface area contributed by atoms with E-state index in [0.717, 1.165) is 12.0 Å². The molecular weight excluding hydrogens is 192 g/mol. The molecule has 4 heteroatoms. The second-order valence-electron chi connectivity index (χ2n) is 4.37. The van der Waals surface area contributed by atoms with Gasteiger partial charge in [0.15, 0.2) is 0 Å². The van der Waals surface area contributed by atoms with Crippen molar-refractivity contribution in [3.8, 4) is 0 Å². The number of nitrogens with two attached hydrogens (primary N) is 1. The molecular formula is C11H16N2O2. The lowest BCUT2D eigenvalue weighted by atomic mass is 9.96. The van der Waals surface area contributed by atoms with Gasteiger partial charge in [0.25, 0.3) is 5.69 Å². The fourth-order valence-corrected chi connectivity index (χ4v) is 1.36. The number of benzene rings is 1. The SMILES string of the molecule is CC(C)(N)CCc1ccccc1[N+](=O)[O-]. The average Bonchev–Trinajstić information content (AvgIpc) is 2.14. The second kappa shape index (κ2) is 4.40. The lowest BCUT2D eigenvalue weighted by molar-refractivity contribution is -0.385. The van der Waals surface area contributed by atoms with Crippen LogP contribution in [0.5, 0.6) is 0 Å². The van der Waals surface area contributed by atoms with Gasteiger partial charge in [0, 0.05) is 17.2 Å². The molecule has 15 heavy (non-hydrogen) atoms. The van der Waals surface area contributed by atoms with Gasteiger partial charge in [0.05, 0.1) is 4.92 Å². The highest BCUT2D eigenvalue weighted by Crippen LogP contribution is 2.21. The Hall–Kier alpha value is -1.42. The molecule has 0 aliphatic heterocycles. The maximum atomic E-state index is 10.7. The van der Waals surface area contributed by atoms with Crippen LogP contribution in [-0.2, 0) is 6.42 Å². The van der Waals surface area contributed by atoms with Crippen LogP contribution in [0.25, 0.3) is 0 Å². The van der Waals surface area contributed by atoms with E-state index in [1.807, 2.05) is 19.9 Å². The van der Waals surface area contributed by atoms with Gasteiger partial charge in [0.2, 0.25) is 0 Å². The Morgan fingerprint density at radius 2 is 2.00 bits per heavy atom. The summed E-state index contributed by atoms with van der Waals surface area (Å²) in [5.74, 6) is 0. The largest absolute Gasteiger partial charge is 0.326 e. The first-order chi connectivity index (χ1) is 6.90. The van der Waals surface area contributed by atoms with E-state index in [1.54, 1.807) is 12.1 Å². The van der Waals surface area contributed by atoms with Gasteiger partial charge in [0.1, 0.15) is 0 Å². The van der Waals surface area contributed by atoms with E-state index in [9.17, 15) is 10.1 Å². The standard InChI is InChI=1S/C11H16N2O2/c1-11(2,12)8-7-9-5-3-4-6-10(9)13(14)15/h3-6H,7-8,12H2,1-2H3. The molecule has 4 nitrogen and oxygen atoms in total. The van der Waals surface area contributed by atoms with Gasteiger partial charge < -0.3 is 5.73 Å². The highest BCUT2D eigenvalue weighted by atomic mass is 16.6. The van der Waals surface area contributed by atoms with Gasteiger partial charge in [-0.3, -0.25) is 10.1 Å². The molecule has 0 aliphatic carbocycles. The first-order valence-electron chi connectivity index (χ1n) is 4.91. The molecule has 0 amide bonds. The lowest BCUT2D eigenvalue weighted by Crippen LogP contribution is -2.32. The molecule has 0 heterocycles. The summed E-state index contributed by atoms with van der Waals surface area (Å²) in [6.45, 7) is 3.84. The van der Waals surface area contributed by atoms with Gasteiger partial charge in [-0.15, -0.1) is 0 Å². The quantitative estimate of drug-likeness (QED) is 0.609. The number of rotatable bonds is 4. The highest BCUT2D eigenvalue weighted by molar-refractivity contribution is 5.39. The van der Waals surface area contributed by atoms with Crippen LogP contribution in [0.3, 0.4) is 0 Å². The second-order valence-corrected chi connectivity index (χ2v) is 4.37. The van der Waals surface area contributed by atoms with E-state index < -0.39 is 0 Å². The Bertz CT molecular complexity index is 356. The van der Waals surface area contributed by atoms with Gasteiger partial charge in [-0.2, -0.15) is 0 Å². The van der Waals surface area contributed by atoms with Crippen LogP contribution in [0.1, 0.15) is 25.8 Å². The fourth-order valence-electron chi connectivity index (χ4n) is 1.36. The summed E-state index contributed by atoms with van der Waals surface area (Å²) in [7, 11) is 0. The van der Waals surface area contributed by atoms with E-state index in [1.165, 1.54) is 6.07 Å². The summed E-state index contributed by atoms with van der Waals surface area (Å²) in [6.07, 6.45) is 1.37. The highest BCUT2D eigenvalue weighted by Gasteiger charge is 2.16. The zero-order chi connectivity index (χ0) is 11.5. The molecule has 0 aromatic heterocycles. The topological polar surface area (TPSA) is 69.2 Å². The van der Waals surface area contributed by atoms with Gasteiger partial charge >= 0.3 is 0 Å². The maximum Gasteiger partial charge on any atom is 0.272 e. The van der Waals surface area contributed by atoms with E-state index in [0.29, 0.717) is 6.42 Å². The molecule has 0 saturated heterocycles. The fraction of sp³-hybridized carbons (Fsp3) is 0.455. The van der Waals surface area contributed by atoms with Crippen molar-refractivity contribution in [3.05, 3.63) is 39.9 Å². The predicted octanol–water partition coefficient (Wildman–Crippen LogP) is 2.26. The minimum Gasteiger partial charge on any atom is -0.326 e. The van der Waals surface area contributed by atoms with Crippen molar-refractivity contribution >= 4 is 5.69 Å². The van der Waals surface area contributed by atoms with Crippen molar-refractivity contribution in [2.24, 2.45) is 5.73 Å². The number of hydrogen-bond donors (Lipinski definition) is 1. The number of nitro groups is 1. The van der Waals surface area contributed by atoms with Crippen molar-refractivity contribution in [2.75, 3.05) is 0 Å². The molecule has 0 atom stereocenters. The molecule has 0 bridgehead atoms. The smallest absolute Gasteiger partial charge is 0.272 e. The summed E-state index contributed by atoms with van der Waals surface area (Å²) < 4.78 is 0. The third-order valence-corrected chi connectivity index (χ3v) is 2.23. The molecule has 82 valence electrons. The zero-order valence-electron chi connectivity index (χ0n) is 9.06. The molecule has 0 aliphatic rings. The van der Waals surface area contributed by atoms with Crippen molar-refractivity contribution < 1.29 is 4.92 Å². The monoisotopic (exact) mass is 208 g/mol. The summed E-state index contributed by atoms with van der Waals surface area (Å²) >= 11 is 0. The molecule has 1 rings (SSSR count). The van der Waals surface area contributed by atoms with Crippen LogP contribution in [-0.4, -0.2) is 10.5 Å². The van der Waals surface area contributed by atoms with Crippen LogP contribution in [0.2, 0.25) is 0 Å². The van der Waals surface area contributed by atoms with Gasteiger partial charge in [-0.05, 0) is 26.7 Å². The van der Waals surface area contributed by atoms with Crippen molar-refractivity contribution in [1.29, 1.82) is 0 Å². The van der Waals surface area contributed by atoms with Crippen LogP contribution >= 0.6 is 0 Å². The Kier molecular flexibility index (Phi) is 3.42. The van der Waals surface area contributed by atoms with Crippen LogP contribution in [0.15, 0.2) is 24.3 Å². The number of para-hydroxylation sites is 1. The maximum absolute atomic E-state index is 10.7. The molecule has 0 spiro atoms. The molecule has 0 fully saturated rings. The number of nitro benzene ring substituents is 1. The predicted molar refractivity (Wildman–Crippen MR) is 59.7 cm³/mol. The van der Waals surface area contributed by atoms with Crippen molar-refractivity contribution in [2.45, 2.75) is 32.2 Å². The first kappa shape index (κ1) is 11.7. The molecule has 1 aromatic rings. The van der Waals surface area contributed by atoms with E-state index in [-0.39, 0.29) is 16.1 Å². The summed E-state index contributed by atoms with van der Waals surface area (Å²) in [5, 5.41) is 10.7. The van der Waals surface area contributed by atoms with Gasteiger partial charge in [-0.25, -0.2) is 0 Å². The molecule has 1 aromatic carbocycles. The van der Waals surface area contributed by atoms with E-state index >= 15 is 0 Å². The third kappa shape index (κ3) is 3.67. The average molecular weight is 208 g/mol. The summed E-state index contributed by atoms with van der Waals surface area (Å²) in [4.78, 5) is 10.4. The van der Waals surface area contributed by atoms with Crippen LogP contribution < -0.4 is 5.73 Å². The normalized spacial score (nSPS) is 11.4. The van der Waals surface area contributed by atoms with Crippen molar-refractivity contribution in [1.82, 2.24) is 0 Å². The summed E-state index contributed by atoms with van der Waals surface area (Å²) in [5.41, 5.74) is 6.48. The zero-order valence-corrected chi connectivity index (χ0v) is 9.06. The van der Waals surface area contributed by atoms with Crippen molar-refractivity contribution in [3.63, 3.8) is 0 Å². The molecule has 2 N–H and O–H groups in total. The number of aryl methyl sites for hydroxylation is 1. The Morgan fingerprint density at radius 3 is 2.53 bits per heavy atom. The Balaban J connectivity index is 2.81. The molecule has 0 radical (unpaired) electrons. The van der Waals surface area contributed by atoms with E-state index in [2.05, 4.69) is 0 Å².